The summed E-state index contributed by atoms with van der Waals surface area (Å²) in [7, 11) is 0. The predicted octanol–water partition coefficient (Wildman–Crippen LogP) is 2.95. The van der Waals surface area contributed by atoms with Gasteiger partial charge in [0.25, 0.3) is 0 Å². The lowest BCUT2D eigenvalue weighted by molar-refractivity contribution is 0.0615. The van der Waals surface area contributed by atoms with Gasteiger partial charge >= 0.3 is 0 Å². The summed E-state index contributed by atoms with van der Waals surface area (Å²) < 4.78 is 2.31. The van der Waals surface area contributed by atoms with Crippen molar-refractivity contribution in [3.63, 3.8) is 0 Å². The highest BCUT2D eigenvalue weighted by atomic mass is 15.3. The highest BCUT2D eigenvalue weighted by Gasteiger charge is 2.25. The summed E-state index contributed by atoms with van der Waals surface area (Å²) in [6.45, 7) is 16.0. The monoisotopic (exact) mass is 387 g/mol. The molecule has 1 fully saturated rings. The molecule has 28 heavy (non-hydrogen) atoms. The van der Waals surface area contributed by atoms with Crippen LogP contribution in [0.25, 0.3) is 11.2 Å². The van der Waals surface area contributed by atoms with Crippen LogP contribution in [0.3, 0.4) is 0 Å². The van der Waals surface area contributed by atoms with E-state index in [1.807, 2.05) is 6.20 Å². The molecule has 0 saturated carbocycles. The minimum atomic E-state index is 0.287. The van der Waals surface area contributed by atoms with Gasteiger partial charge in [-0.3, -0.25) is 4.90 Å². The van der Waals surface area contributed by atoms with E-state index in [0.717, 1.165) is 49.2 Å². The van der Waals surface area contributed by atoms with Crippen LogP contribution in [0.4, 0.5) is 5.95 Å². The second-order valence-corrected chi connectivity index (χ2v) is 8.93. The van der Waals surface area contributed by atoms with E-state index < -0.39 is 0 Å². The molecule has 7 heteroatoms. The second-order valence-electron chi connectivity index (χ2n) is 8.93. The fourth-order valence-electron chi connectivity index (χ4n) is 4.00. The minimum absolute atomic E-state index is 0.287. The van der Waals surface area contributed by atoms with Crippen LogP contribution in [0.15, 0.2) is 6.20 Å². The van der Waals surface area contributed by atoms with E-state index in [0.29, 0.717) is 5.95 Å². The molecule has 0 bridgehead atoms. The van der Waals surface area contributed by atoms with Gasteiger partial charge in [0, 0.05) is 44.7 Å². The molecule has 0 spiro atoms. The van der Waals surface area contributed by atoms with Gasteiger partial charge in [-0.1, -0.05) is 13.3 Å². The van der Waals surface area contributed by atoms with Crippen molar-refractivity contribution in [3.8, 4) is 0 Å². The van der Waals surface area contributed by atoms with Gasteiger partial charge in [-0.25, -0.2) is 9.97 Å². The third kappa shape index (κ3) is 5.20. The number of fused-ring (bicyclic) bond motifs is 1. The largest absolute Gasteiger partial charge is 0.368 e. The van der Waals surface area contributed by atoms with Crippen molar-refractivity contribution in [1.29, 1.82) is 0 Å². The fourth-order valence-corrected chi connectivity index (χ4v) is 4.00. The van der Waals surface area contributed by atoms with E-state index in [1.54, 1.807) is 0 Å². The van der Waals surface area contributed by atoms with Crippen molar-refractivity contribution < 1.29 is 0 Å². The first-order chi connectivity index (χ1) is 13.4. The summed E-state index contributed by atoms with van der Waals surface area (Å²) in [6, 6.07) is 0. The summed E-state index contributed by atoms with van der Waals surface area (Å²) in [5.41, 5.74) is 7.78. The Labute approximate surface area is 169 Å². The summed E-state index contributed by atoms with van der Waals surface area (Å²) in [5, 5.41) is 0. The van der Waals surface area contributed by atoms with Gasteiger partial charge < -0.3 is 15.2 Å². The summed E-state index contributed by atoms with van der Waals surface area (Å²) in [4.78, 5) is 18.4. The maximum atomic E-state index is 5.74. The van der Waals surface area contributed by atoms with Crippen molar-refractivity contribution in [2.24, 2.45) is 0 Å². The van der Waals surface area contributed by atoms with Crippen LogP contribution in [0.5, 0.6) is 0 Å². The number of imidazole rings is 1. The van der Waals surface area contributed by atoms with E-state index in [2.05, 4.69) is 52.0 Å². The zero-order valence-electron chi connectivity index (χ0n) is 18.1. The number of nitrogens with two attached hydrogens (primary N) is 1. The van der Waals surface area contributed by atoms with Gasteiger partial charge in [0.05, 0.1) is 6.20 Å². The molecule has 2 aromatic rings. The number of nitrogen functional groups attached to an aromatic ring is 1. The minimum Gasteiger partial charge on any atom is -0.368 e. The van der Waals surface area contributed by atoms with E-state index in [-0.39, 0.29) is 5.54 Å². The topological polar surface area (TPSA) is 76.1 Å². The van der Waals surface area contributed by atoms with Gasteiger partial charge in [0.15, 0.2) is 5.65 Å². The number of hydrogen-bond donors (Lipinski definition) is 1. The Bertz CT molecular complexity index is 754. The average molecular weight is 388 g/mol. The van der Waals surface area contributed by atoms with Gasteiger partial charge in [0.2, 0.25) is 5.95 Å². The Kier molecular flexibility index (Phi) is 6.88. The Hall–Kier alpha value is -1.73. The van der Waals surface area contributed by atoms with Crippen molar-refractivity contribution in [3.05, 3.63) is 12.0 Å². The molecule has 3 heterocycles. The highest BCUT2D eigenvalue weighted by Crippen LogP contribution is 2.18. The SMILES string of the molecule is CCCCc1nc2nc(N)ncc2n1CCCCN1CCN(C(C)(C)C)CC1. The molecule has 156 valence electrons. The molecule has 3 rings (SSSR count). The molecule has 7 nitrogen and oxygen atoms in total. The smallest absolute Gasteiger partial charge is 0.222 e. The number of aromatic nitrogens is 4. The summed E-state index contributed by atoms with van der Waals surface area (Å²) in [6.07, 6.45) is 7.47. The zero-order valence-corrected chi connectivity index (χ0v) is 18.1. The molecule has 2 aromatic heterocycles. The first kappa shape index (κ1) is 21.0. The molecule has 1 aliphatic rings. The number of nitrogens with zero attached hydrogens (tertiary/aromatic N) is 6. The Morgan fingerprint density at radius 2 is 1.71 bits per heavy atom. The van der Waals surface area contributed by atoms with Crippen molar-refractivity contribution >= 4 is 17.1 Å². The molecule has 0 radical (unpaired) electrons. The third-order valence-electron chi connectivity index (χ3n) is 5.79. The third-order valence-corrected chi connectivity index (χ3v) is 5.79. The molecule has 0 aliphatic carbocycles. The van der Waals surface area contributed by atoms with Gasteiger partial charge in [-0.05, 0) is 46.6 Å². The van der Waals surface area contributed by atoms with E-state index in [1.165, 1.54) is 39.1 Å². The van der Waals surface area contributed by atoms with Crippen LogP contribution in [0.1, 0.15) is 59.2 Å². The van der Waals surface area contributed by atoms with E-state index in [4.69, 9.17) is 10.7 Å². The number of unbranched alkanes of at least 4 members (excludes halogenated alkanes) is 2. The van der Waals surface area contributed by atoms with Crippen molar-refractivity contribution in [2.75, 3.05) is 38.5 Å². The number of piperazine rings is 1. The van der Waals surface area contributed by atoms with E-state index in [9.17, 15) is 0 Å². The quantitative estimate of drug-likeness (QED) is 0.702. The van der Waals surface area contributed by atoms with Crippen LogP contribution in [-0.2, 0) is 13.0 Å². The molecule has 0 unspecified atom stereocenters. The van der Waals surface area contributed by atoms with Gasteiger partial charge in [-0.15, -0.1) is 0 Å². The lowest BCUT2D eigenvalue weighted by Crippen LogP contribution is -2.53. The zero-order chi connectivity index (χ0) is 20.1. The average Bonchev–Trinajstić information content (AvgIpc) is 2.99. The highest BCUT2D eigenvalue weighted by molar-refractivity contribution is 5.71. The standard InChI is InChI=1S/C21H37N7/c1-5-6-9-18-24-19-17(16-23-20(22)25-19)28(18)11-8-7-10-26-12-14-27(15-13-26)21(2,3)4/h16H,5-15H2,1-4H3,(H2,22,23,25). The molecular weight excluding hydrogens is 350 g/mol. The fraction of sp³-hybridized carbons (Fsp3) is 0.762. The lowest BCUT2D eigenvalue weighted by atomic mass is 10.0. The molecular formula is C21H37N7. The number of hydrogen-bond acceptors (Lipinski definition) is 6. The van der Waals surface area contributed by atoms with Crippen LogP contribution >= 0.6 is 0 Å². The number of aryl methyl sites for hydroxylation is 2. The Morgan fingerprint density at radius 3 is 2.39 bits per heavy atom. The lowest BCUT2D eigenvalue weighted by Gasteiger charge is -2.42. The Morgan fingerprint density at radius 1 is 1.00 bits per heavy atom. The maximum absolute atomic E-state index is 5.74. The number of anilines is 1. The molecule has 1 aliphatic heterocycles. The normalized spacial score (nSPS) is 16.9. The molecule has 0 atom stereocenters. The molecule has 2 N–H and O–H groups in total. The first-order valence-corrected chi connectivity index (χ1v) is 10.8. The molecule has 0 amide bonds. The Balaban J connectivity index is 1.52. The number of rotatable bonds is 8. The van der Waals surface area contributed by atoms with Crippen molar-refractivity contribution in [2.45, 2.75) is 71.9 Å². The summed E-state index contributed by atoms with van der Waals surface area (Å²) in [5.74, 6) is 1.42. The van der Waals surface area contributed by atoms with Gasteiger partial charge in [-0.2, -0.15) is 4.98 Å². The van der Waals surface area contributed by atoms with Crippen LogP contribution in [0, 0.1) is 0 Å². The van der Waals surface area contributed by atoms with Crippen LogP contribution in [0.2, 0.25) is 0 Å². The van der Waals surface area contributed by atoms with Crippen molar-refractivity contribution in [1.82, 2.24) is 29.3 Å². The van der Waals surface area contributed by atoms with E-state index >= 15 is 0 Å². The second kappa shape index (κ2) is 9.18. The maximum Gasteiger partial charge on any atom is 0.222 e. The van der Waals surface area contributed by atoms with Crippen LogP contribution in [-0.4, -0.2) is 67.6 Å². The van der Waals surface area contributed by atoms with Gasteiger partial charge in [0.1, 0.15) is 11.3 Å². The first-order valence-electron chi connectivity index (χ1n) is 10.8. The summed E-state index contributed by atoms with van der Waals surface area (Å²) >= 11 is 0. The predicted molar refractivity (Wildman–Crippen MR) is 115 cm³/mol. The molecule has 0 aromatic carbocycles. The molecule has 1 saturated heterocycles. The van der Waals surface area contributed by atoms with Crippen LogP contribution < -0.4 is 5.73 Å².